The van der Waals surface area contributed by atoms with Crippen molar-refractivity contribution in [3.63, 3.8) is 0 Å². The molecule has 7 nitrogen and oxygen atoms in total. The first-order valence-electron chi connectivity index (χ1n) is 9.85. The van der Waals surface area contributed by atoms with Crippen molar-refractivity contribution >= 4 is 22.9 Å². The van der Waals surface area contributed by atoms with Crippen LogP contribution in [-0.4, -0.2) is 23.6 Å². The first-order valence-corrected chi connectivity index (χ1v) is 9.85. The Morgan fingerprint density at radius 2 is 1.80 bits per heavy atom. The molecule has 0 fully saturated rings. The highest BCUT2D eigenvalue weighted by molar-refractivity contribution is 5.89. The van der Waals surface area contributed by atoms with Crippen LogP contribution in [0.3, 0.4) is 0 Å². The number of hydrogen-bond donors (Lipinski definition) is 0. The number of hydrogen-bond acceptors (Lipinski definition) is 7. The van der Waals surface area contributed by atoms with Crippen molar-refractivity contribution in [3.05, 3.63) is 51.9 Å². The third-order valence-electron chi connectivity index (χ3n) is 5.11. The van der Waals surface area contributed by atoms with E-state index >= 15 is 0 Å². The Labute approximate surface area is 174 Å². The number of esters is 2. The maximum absolute atomic E-state index is 12.7. The van der Waals surface area contributed by atoms with Crippen LogP contribution in [0.1, 0.15) is 53.2 Å². The van der Waals surface area contributed by atoms with E-state index in [1.165, 1.54) is 6.07 Å². The zero-order valence-corrected chi connectivity index (χ0v) is 18.0. The molecule has 0 saturated heterocycles. The SMILES string of the molecule is C/C=C(/C)C(=O)OC1c2c(ccc3ccc(=O)oc23)OC(C)(C)C1OC(=O)C(C)C. The predicted octanol–water partition coefficient (Wildman–Crippen LogP) is 4.08. The van der Waals surface area contributed by atoms with E-state index in [0.29, 0.717) is 22.3 Å². The van der Waals surface area contributed by atoms with Gasteiger partial charge in [0.2, 0.25) is 0 Å². The van der Waals surface area contributed by atoms with Gasteiger partial charge in [0.15, 0.2) is 12.2 Å². The topological polar surface area (TPSA) is 92.0 Å². The van der Waals surface area contributed by atoms with Crippen LogP contribution >= 0.6 is 0 Å². The monoisotopic (exact) mass is 414 g/mol. The molecule has 160 valence electrons. The molecule has 2 aromatic rings. The lowest BCUT2D eigenvalue weighted by Gasteiger charge is -2.43. The van der Waals surface area contributed by atoms with Crippen molar-refractivity contribution in [2.75, 3.05) is 0 Å². The molecule has 0 saturated carbocycles. The van der Waals surface area contributed by atoms with Crippen LogP contribution in [0.25, 0.3) is 11.0 Å². The van der Waals surface area contributed by atoms with E-state index in [9.17, 15) is 14.4 Å². The van der Waals surface area contributed by atoms with Gasteiger partial charge in [0.1, 0.15) is 16.9 Å². The Bertz CT molecular complexity index is 1070. The predicted molar refractivity (Wildman–Crippen MR) is 110 cm³/mol. The number of carbonyl (C=O) groups excluding carboxylic acids is 2. The fourth-order valence-electron chi connectivity index (χ4n) is 3.26. The molecule has 1 aliphatic rings. The molecule has 1 aromatic heterocycles. The fourth-order valence-corrected chi connectivity index (χ4v) is 3.26. The highest BCUT2D eigenvalue weighted by Gasteiger charge is 2.50. The summed E-state index contributed by atoms with van der Waals surface area (Å²) >= 11 is 0. The molecule has 0 aliphatic carbocycles. The lowest BCUT2D eigenvalue weighted by atomic mass is 9.87. The summed E-state index contributed by atoms with van der Waals surface area (Å²) in [5.41, 5.74) is -0.558. The smallest absolute Gasteiger partial charge is 0.336 e. The van der Waals surface area contributed by atoms with Crippen molar-refractivity contribution in [1.29, 1.82) is 0 Å². The number of carbonyl (C=O) groups is 2. The molecule has 0 N–H and O–H groups in total. The molecule has 2 heterocycles. The van der Waals surface area contributed by atoms with Gasteiger partial charge in [-0.2, -0.15) is 0 Å². The van der Waals surface area contributed by atoms with E-state index in [2.05, 4.69) is 0 Å². The third kappa shape index (κ3) is 3.97. The highest BCUT2D eigenvalue weighted by atomic mass is 16.6. The lowest BCUT2D eigenvalue weighted by Crippen LogP contribution is -2.52. The van der Waals surface area contributed by atoms with Gasteiger partial charge >= 0.3 is 17.6 Å². The summed E-state index contributed by atoms with van der Waals surface area (Å²) in [7, 11) is 0. The molecule has 0 bridgehead atoms. The van der Waals surface area contributed by atoms with Crippen molar-refractivity contribution < 1.29 is 28.2 Å². The van der Waals surface area contributed by atoms with Crippen molar-refractivity contribution in [2.24, 2.45) is 5.92 Å². The fraction of sp³-hybridized carbons (Fsp3) is 0.435. The maximum Gasteiger partial charge on any atom is 0.336 e. The summed E-state index contributed by atoms with van der Waals surface area (Å²) in [5, 5.41) is 0.634. The average Bonchev–Trinajstić information content (AvgIpc) is 2.68. The molecule has 1 aliphatic heterocycles. The molecule has 0 radical (unpaired) electrons. The maximum atomic E-state index is 12.7. The number of ether oxygens (including phenoxy) is 3. The number of rotatable bonds is 4. The van der Waals surface area contributed by atoms with E-state index in [1.807, 2.05) is 0 Å². The van der Waals surface area contributed by atoms with Crippen LogP contribution in [0.4, 0.5) is 0 Å². The van der Waals surface area contributed by atoms with E-state index in [1.54, 1.807) is 65.8 Å². The molecule has 30 heavy (non-hydrogen) atoms. The first kappa shape index (κ1) is 21.6. The summed E-state index contributed by atoms with van der Waals surface area (Å²) in [6.45, 7) is 10.3. The Kier molecular flexibility index (Phi) is 5.74. The molecule has 2 unspecified atom stereocenters. The normalized spacial score (nSPS) is 20.4. The summed E-state index contributed by atoms with van der Waals surface area (Å²) in [6, 6.07) is 6.41. The second-order valence-corrected chi connectivity index (χ2v) is 8.17. The Morgan fingerprint density at radius 3 is 2.43 bits per heavy atom. The minimum absolute atomic E-state index is 0.233. The van der Waals surface area contributed by atoms with Crippen molar-refractivity contribution in [3.8, 4) is 5.75 Å². The van der Waals surface area contributed by atoms with Gasteiger partial charge in [0.25, 0.3) is 0 Å². The quantitative estimate of drug-likeness (QED) is 0.423. The summed E-state index contributed by atoms with van der Waals surface area (Å²) < 4.78 is 23.1. The first-order chi connectivity index (χ1) is 14.0. The van der Waals surface area contributed by atoms with Crippen molar-refractivity contribution in [2.45, 2.75) is 59.4 Å². The van der Waals surface area contributed by atoms with Crippen LogP contribution < -0.4 is 10.4 Å². The average molecular weight is 414 g/mol. The molecule has 0 spiro atoms. The highest BCUT2D eigenvalue weighted by Crippen LogP contribution is 2.46. The number of benzene rings is 1. The summed E-state index contributed by atoms with van der Waals surface area (Å²) in [5.74, 6) is -1.01. The van der Waals surface area contributed by atoms with Gasteiger partial charge in [0.05, 0.1) is 11.5 Å². The van der Waals surface area contributed by atoms with Gasteiger partial charge in [-0.1, -0.05) is 19.9 Å². The minimum atomic E-state index is -1.02. The van der Waals surface area contributed by atoms with E-state index < -0.39 is 35.4 Å². The van der Waals surface area contributed by atoms with Gasteiger partial charge in [0, 0.05) is 17.0 Å². The van der Waals surface area contributed by atoms with Gasteiger partial charge in [-0.3, -0.25) is 4.79 Å². The largest absolute Gasteiger partial charge is 0.483 e. The van der Waals surface area contributed by atoms with Crippen LogP contribution in [0.15, 0.2) is 45.1 Å². The standard InChI is InChI=1S/C23H26O7/c1-7-13(4)22(26)28-19-17-15(10-8-14-9-11-16(24)27-18(14)17)30-23(5,6)20(19)29-21(25)12(2)3/h7-12,19-20H,1-6H3/b13-7-. The summed E-state index contributed by atoms with van der Waals surface area (Å²) in [4.78, 5) is 37.0. The van der Waals surface area contributed by atoms with Crippen LogP contribution in [-0.2, 0) is 19.1 Å². The molecule has 1 aromatic carbocycles. The van der Waals surface area contributed by atoms with Crippen molar-refractivity contribution in [1.82, 2.24) is 0 Å². The van der Waals surface area contributed by atoms with Crippen LogP contribution in [0.5, 0.6) is 5.75 Å². The van der Waals surface area contributed by atoms with E-state index in [-0.39, 0.29) is 11.5 Å². The van der Waals surface area contributed by atoms with Gasteiger partial charge in [-0.25, -0.2) is 9.59 Å². The van der Waals surface area contributed by atoms with E-state index in [0.717, 1.165) is 0 Å². The third-order valence-corrected chi connectivity index (χ3v) is 5.11. The molecular formula is C23H26O7. The zero-order valence-electron chi connectivity index (χ0n) is 18.0. The molecule has 0 amide bonds. The molecular weight excluding hydrogens is 388 g/mol. The molecule has 7 heteroatoms. The Balaban J connectivity index is 2.23. The zero-order chi connectivity index (χ0) is 22.2. The summed E-state index contributed by atoms with van der Waals surface area (Å²) in [6.07, 6.45) is -0.348. The van der Waals surface area contributed by atoms with Gasteiger partial charge in [-0.05, 0) is 45.9 Å². The van der Waals surface area contributed by atoms with Gasteiger partial charge < -0.3 is 18.6 Å². The molecule has 2 atom stereocenters. The Hall–Kier alpha value is -3.09. The minimum Gasteiger partial charge on any atom is -0.483 e. The Morgan fingerprint density at radius 1 is 1.13 bits per heavy atom. The second-order valence-electron chi connectivity index (χ2n) is 8.17. The number of allylic oxidation sites excluding steroid dienone is 1. The molecule has 3 rings (SSSR count). The van der Waals surface area contributed by atoms with Gasteiger partial charge in [-0.15, -0.1) is 0 Å². The van der Waals surface area contributed by atoms with Crippen LogP contribution in [0, 0.1) is 5.92 Å². The van der Waals surface area contributed by atoms with Crippen LogP contribution in [0.2, 0.25) is 0 Å². The van der Waals surface area contributed by atoms with E-state index in [4.69, 9.17) is 18.6 Å². The lowest BCUT2D eigenvalue weighted by molar-refractivity contribution is -0.190. The second kappa shape index (κ2) is 7.97. The number of fused-ring (bicyclic) bond motifs is 3.